The second kappa shape index (κ2) is 8.90. The minimum absolute atomic E-state index is 0.124. The van der Waals surface area contributed by atoms with Crippen molar-refractivity contribution in [1.29, 1.82) is 0 Å². The van der Waals surface area contributed by atoms with Crippen molar-refractivity contribution < 1.29 is 9.59 Å². The average molecular weight is 443 g/mol. The summed E-state index contributed by atoms with van der Waals surface area (Å²) in [5.41, 5.74) is 1.80. The molecule has 3 aromatic rings. The summed E-state index contributed by atoms with van der Waals surface area (Å²) >= 11 is 12.1. The van der Waals surface area contributed by atoms with Gasteiger partial charge in [0.2, 0.25) is 0 Å². The summed E-state index contributed by atoms with van der Waals surface area (Å²) in [4.78, 5) is 33.7. The highest BCUT2D eigenvalue weighted by Gasteiger charge is 2.24. The minimum Gasteiger partial charge on any atom is -0.337 e. The third-order valence-electron chi connectivity index (χ3n) is 5.07. The predicted octanol–water partition coefficient (Wildman–Crippen LogP) is 4.92. The van der Waals surface area contributed by atoms with Gasteiger partial charge in [0.15, 0.2) is 0 Å². The number of urea groups is 1. The van der Waals surface area contributed by atoms with E-state index in [1.807, 2.05) is 12.1 Å². The molecule has 1 saturated heterocycles. The number of fused-ring (bicyclic) bond motifs is 1. The van der Waals surface area contributed by atoms with Gasteiger partial charge < -0.3 is 15.1 Å². The van der Waals surface area contributed by atoms with Crippen molar-refractivity contribution in [2.24, 2.45) is 0 Å². The highest BCUT2D eigenvalue weighted by Crippen LogP contribution is 2.24. The van der Waals surface area contributed by atoms with E-state index in [1.165, 1.54) is 0 Å². The molecule has 0 bridgehead atoms. The quantitative estimate of drug-likeness (QED) is 0.612. The first kappa shape index (κ1) is 20.4. The van der Waals surface area contributed by atoms with Gasteiger partial charge in [-0.15, -0.1) is 0 Å². The first-order chi connectivity index (χ1) is 14.5. The van der Waals surface area contributed by atoms with Gasteiger partial charge in [0.25, 0.3) is 5.91 Å². The molecule has 3 amide bonds. The van der Waals surface area contributed by atoms with Crippen molar-refractivity contribution in [2.75, 3.05) is 31.5 Å². The molecule has 1 aliphatic rings. The first-order valence-corrected chi connectivity index (χ1v) is 10.4. The second-order valence-electron chi connectivity index (χ2n) is 7.10. The fraction of sp³-hybridized carbons (Fsp3) is 0.227. The van der Waals surface area contributed by atoms with Gasteiger partial charge in [0, 0.05) is 53.5 Å². The fourth-order valence-corrected chi connectivity index (χ4v) is 3.90. The van der Waals surface area contributed by atoms with E-state index < -0.39 is 0 Å². The molecular weight excluding hydrogens is 423 g/mol. The van der Waals surface area contributed by atoms with Crippen LogP contribution in [0.5, 0.6) is 0 Å². The Morgan fingerprint density at radius 1 is 0.900 bits per heavy atom. The third kappa shape index (κ3) is 4.50. The van der Waals surface area contributed by atoms with Gasteiger partial charge in [-0.1, -0.05) is 29.3 Å². The van der Waals surface area contributed by atoms with E-state index in [4.69, 9.17) is 23.2 Å². The van der Waals surface area contributed by atoms with Gasteiger partial charge in [-0.2, -0.15) is 0 Å². The van der Waals surface area contributed by atoms with Gasteiger partial charge in [-0.3, -0.25) is 9.78 Å². The van der Waals surface area contributed by atoms with Gasteiger partial charge >= 0.3 is 6.03 Å². The van der Waals surface area contributed by atoms with Gasteiger partial charge in [-0.05, 0) is 48.9 Å². The summed E-state index contributed by atoms with van der Waals surface area (Å²) in [5.74, 6) is -0.124. The number of hydrogen-bond donors (Lipinski definition) is 1. The lowest BCUT2D eigenvalue weighted by Crippen LogP contribution is -2.39. The van der Waals surface area contributed by atoms with Crippen LogP contribution in [0, 0.1) is 0 Å². The number of nitrogens with one attached hydrogen (secondary N) is 1. The number of amides is 3. The van der Waals surface area contributed by atoms with Crippen molar-refractivity contribution in [1.82, 2.24) is 14.8 Å². The highest BCUT2D eigenvalue weighted by molar-refractivity contribution is 6.32. The molecular formula is C22H20Cl2N4O2. The summed E-state index contributed by atoms with van der Waals surface area (Å²) < 4.78 is 0. The molecule has 4 rings (SSSR count). The van der Waals surface area contributed by atoms with Crippen LogP contribution in [0.3, 0.4) is 0 Å². The summed E-state index contributed by atoms with van der Waals surface area (Å²) in [6.45, 7) is 2.01. The molecule has 30 heavy (non-hydrogen) atoms. The SMILES string of the molecule is O=C(Nc1ccc(Cl)cc1)N1CCCN(C(=O)c2cc(Cl)cc3cccnc23)CC1. The molecule has 6 nitrogen and oxygen atoms in total. The summed E-state index contributed by atoms with van der Waals surface area (Å²) in [6.07, 6.45) is 2.35. The number of hydrogen-bond acceptors (Lipinski definition) is 3. The number of nitrogens with zero attached hydrogens (tertiary/aromatic N) is 3. The van der Waals surface area contributed by atoms with Crippen molar-refractivity contribution in [3.05, 3.63) is 70.3 Å². The molecule has 8 heteroatoms. The molecule has 154 valence electrons. The minimum atomic E-state index is -0.193. The van der Waals surface area contributed by atoms with Crippen LogP contribution in [0.4, 0.5) is 10.5 Å². The predicted molar refractivity (Wildman–Crippen MR) is 119 cm³/mol. The second-order valence-corrected chi connectivity index (χ2v) is 7.97. The number of benzene rings is 2. The van der Waals surface area contributed by atoms with Crippen LogP contribution in [0.2, 0.25) is 10.0 Å². The van der Waals surface area contributed by atoms with Crippen LogP contribution in [0.1, 0.15) is 16.8 Å². The number of anilines is 1. The molecule has 0 saturated carbocycles. The maximum absolute atomic E-state index is 13.2. The Kier molecular flexibility index (Phi) is 6.06. The monoisotopic (exact) mass is 442 g/mol. The van der Waals surface area contributed by atoms with Crippen molar-refractivity contribution in [3.63, 3.8) is 0 Å². The lowest BCUT2D eigenvalue weighted by atomic mass is 10.1. The van der Waals surface area contributed by atoms with E-state index in [0.29, 0.717) is 59.4 Å². The molecule has 1 aliphatic heterocycles. The number of halogens is 2. The smallest absolute Gasteiger partial charge is 0.321 e. The molecule has 1 N–H and O–H groups in total. The number of carbonyl (C=O) groups excluding carboxylic acids is 2. The van der Waals surface area contributed by atoms with E-state index >= 15 is 0 Å². The largest absolute Gasteiger partial charge is 0.337 e. The molecule has 0 unspecified atom stereocenters. The van der Waals surface area contributed by atoms with Gasteiger partial charge in [0.05, 0.1) is 11.1 Å². The Balaban J connectivity index is 1.46. The maximum Gasteiger partial charge on any atom is 0.321 e. The molecule has 0 spiro atoms. The molecule has 1 fully saturated rings. The van der Waals surface area contributed by atoms with Crippen molar-refractivity contribution in [2.45, 2.75) is 6.42 Å². The zero-order valence-corrected chi connectivity index (χ0v) is 17.7. The number of aromatic nitrogens is 1. The van der Waals surface area contributed by atoms with Gasteiger partial charge in [-0.25, -0.2) is 4.79 Å². The van der Waals surface area contributed by atoms with E-state index in [9.17, 15) is 9.59 Å². The Hall–Kier alpha value is -2.83. The lowest BCUT2D eigenvalue weighted by Gasteiger charge is -2.23. The van der Waals surface area contributed by atoms with Crippen molar-refractivity contribution in [3.8, 4) is 0 Å². The molecule has 0 atom stereocenters. The topological polar surface area (TPSA) is 65.5 Å². The van der Waals surface area contributed by atoms with Crippen LogP contribution in [0.25, 0.3) is 10.9 Å². The van der Waals surface area contributed by atoms with Crippen LogP contribution >= 0.6 is 23.2 Å². The molecule has 0 aliphatic carbocycles. The average Bonchev–Trinajstić information content (AvgIpc) is 3.00. The molecule has 2 aromatic carbocycles. The van der Waals surface area contributed by atoms with Crippen LogP contribution in [0.15, 0.2) is 54.7 Å². The third-order valence-corrected chi connectivity index (χ3v) is 5.54. The zero-order valence-electron chi connectivity index (χ0n) is 16.1. The molecule has 0 radical (unpaired) electrons. The highest BCUT2D eigenvalue weighted by atomic mass is 35.5. The molecule has 2 heterocycles. The zero-order chi connectivity index (χ0) is 21.1. The maximum atomic E-state index is 13.2. The van der Waals surface area contributed by atoms with E-state index in [0.717, 1.165) is 5.39 Å². The summed E-state index contributed by atoms with van der Waals surface area (Å²) in [5, 5.41) is 4.81. The number of carbonyl (C=O) groups is 2. The van der Waals surface area contributed by atoms with E-state index in [1.54, 1.807) is 52.4 Å². The van der Waals surface area contributed by atoms with Crippen LogP contribution in [-0.2, 0) is 0 Å². The van der Waals surface area contributed by atoms with Gasteiger partial charge in [0.1, 0.15) is 0 Å². The Labute approximate surface area is 184 Å². The van der Waals surface area contributed by atoms with Crippen LogP contribution in [-0.4, -0.2) is 52.9 Å². The fourth-order valence-electron chi connectivity index (χ4n) is 3.55. The number of pyridine rings is 1. The summed E-state index contributed by atoms with van der Waals surface area (Å²) in [6, 6.07) is 13.9. The summed E-state index contributed by atoms with van der Waals surface area (Å²) in [7, 11) is 0. The first-order valence-electron chi connectivity index (χ1n) is 9.66. The van der Waals surface area contributed by atoms with Crippen molar-refractivity contribution >= 4 is 51.7 Å². The number of rotatable bonds is 2. The van der Waals surface area contributed by atoms with Crippen LogP contribution < -0.4 is 5.32 Å². The van der Waals surface area contributed by atoms with E-state index in [2.05, 4.69) is 10.3 Å². The lowest BCUT2D eigenvalue weighted by molar-refractivity contribution is 0.0764. The van der Waals surface area contributed by atoms with E-state index in [-0.39, 0.29) is 11.9 Å². The molecule has 1 aromatic heterocycles. The Morgan fingerprint density at radius 2 is 1.63 bits per heavy atom. The standard InChI is InChI=1S/C22H20Cl2N4O2/c23-16-4-6-18(7-5-16)26-22(30)28-10-2-9-27(11-12-28)21(29)19-14-17(24)13-15-3-1-8-25-20(15)19/h1,3-8,13-14H,2,9-12H2,(H,26,30). The Bertz CT molecular complexity index is 1090. The normalized spacial score (nSPS) is 14.5. The Morgan fingerprint density at radius 3 is 2.43 bits per heavy atom.